The molecule has 0 saturated heterocycles. The van der Waals surface area contributed by atoms with Gasteiger partial charge >= 0.3 is 0 Å². The van der Waals surface area contributed by atoms with Crippen molar-refractivity contribution in [1.82, 2.24) is 19.7 Å². The Hall–Kier alpha value is -1.40. The third kappa shape index (κ3) is 2.48. The minimum atomic E-state index is -0.0412. The van der Waals surface area contributed by atoms with Crippen LogP contribution in [0.5, 0.6) is 0 Å². The van der Waals surface area contributed by atoms with E-state index in [0.717, 1.165) is 21.6 Å². The molecular weight excluding hydrogens is 234 g/mol. The molecule has 0 saturated carbocycles. The molecule has 2 rings (SSSR count). The van der Waals surface area contributed by atoms with E-state index in [9.17, 15) is 0 Å². The number of aryl methyl sites for hydroxylation is 1. The number of pyridine rings is 1. The van der Waals surface area contributed by atoms with E-state index in [2.05, 4.69) is 15.2 Å². The predicted molar refractivity (Wildman–Crippen MR) is 66.7 cm³/mol. The highest BCUT2D eigenvalue weighted by Gasteiger charge is 2.13. The van der Waals surface area contributed by atoms with Gasteiger partial charge in [-0.25, -0.2) is 4.98 Å². The SMILES string of the molecule is Cc1nnc(Sc2ncccc2[C@H](C)N)n1C. The Morgan fingerprint density at radius 1 is 1.41 bits per heavy atom. The first-order valence-corrected chi connectivity index (χ1v) is 6.15. The lowest BCUT2D eigenvalue weighted by atomic mass is 10.2. The largest absolute Gasteiger partial charge is 0.324 e. The molecule has 2 aromatic heterocycles. The van der Waals surface area contributed by atoms with E-state index < -0.39 is 0 Å². The number of hydrogen-bond donors (Lipinski definition) is 1. The molecule has 0 fully saturated rings. The molecule has 90 valence electrons. The van der Waals surface area contributed by atoms with Crippen molar-refractivity contribution >= 4 is 11.8 Å². The second-order valence-corrected chi connectivity index (χ2v) is 4.83. The van der Waals surface area contributed by atoms with Crippen LogP contribution < -0.4 is 5.73 Å². The Bertz CT molecular complexity index is 520. The Morgan fingerprint density at radius 2 is 2.18 bits per heavy atom. The summed E-state index contributed by atoms with van der Waals surface area (Å²) in [7, 11) is 1.94. The standard InChI is InChI=1S/C11H15N5S/c1-7(12)9-5-4-6-13-10(9)17-11-15-14-8(2)16(11)3/h4-7H,12H2,1-3H3/t7-/m0/s1. The molecule has 6 heteroatoms. The first-order chi connectivity index (χ1) is 8.09. The molecule has 0 aromatic carbocycles. The highest BCUT2D eigenvalue weighted by atomic mass is 32.2. The first kappa shape index (κ1) is 12.1. The van der Waals surface area contributed by atoms with Gasteiger partial charge in [0.25, 0.3) is 0 Å². The van der Waals surface area contributed by atoms with Crippen molar-refractivity contribution in [2.75, 3.05) is 0 Å². The molecule has 0 spiro atoms. The molecule has 2 N–H and O–H groups in total. The molecule has 0 amide bonds. The Labute approximate surface area is 104 Å². The quantitative estimate of drug-likeness (QED) is 0.896. The molecule has 2 heterocycles. The van der Waals surface area contributed by atoms with E-state index in [0.29, 0.717) is 0 Å². The van der Waals surface area contributed by atoms with Crippen molar-refractivity contribution in [3.8, 4) is 0 Å². The van der Waals surface area contributed by atoms with Crippen LogP contribution in [-0.4, -0.2) is 19.7 Å². The van der Waals surface area contributed by atoms with Crippen LogP contribution in [-0.2, 0) is 7.05 Å². The van der Waals surface area contributed by atoms with Gasteiger partial charge in [0, 0.05) is 24.8 Å². The van der Waals surface area contributed by atoms with Crippen molar-refractivity contribution in [3.63, 3.8) is 0 Å². The lowest BCUT2D eigenvalue weighted by Gasteiger charge is -2.10. The van der Waals surface area contributed by atoms with Crippen molar-refractivity contribution in [2.45, 2.75) is 30.1 Å². The fraction of sp³-hybridized carbons (Fsp3) is 0.364. The summed E-state index contributed by atoms with van der Waals surface area (Å²) in [6.07, 6.45) is 1.76. The van der Waals surface area contributed by atoms with E-state index in [4.69, 9.17) is 5.73 Å². The molecule has 0 radical (unpaired) electrons. The average molecular weight is 249 g/mol. The monoisotopic (exact) mass is 249 g/mol. The van der Waals surface area contributed by atoms with Gasteiger partial charge in [0.1, 0.15) is 10.9 Å². The maximum atomic E-state index is 5.92. The molecule has 17 heavy (non-hydrogen) atoms. The second-order valence-electron chi connectivity index (χ2n) is 3.88. The average Bonchev–Trinajstić information content (AvgIpc) is 2.61. The van der Waals surface area contributed by atoms with Gasteiger partial charge in [-0.2, -0.15) is 0 Å². The van der Waals surface area contributed by atoms with Crippen molar-refractivity contribution in [1.29, 1.82) is 0 Å². The van der Waals surface area contributed by atoms with E-state index in [1.165, 1.54) is 11.8 Å². The van der Waals surface area contributed by atoms with Gasteiger partial charge in [0.15, 0.2) is 5.16 Å². The highest BCUT2D eigenvalue weighted by Crippen LogP contribution is 2.29. The maximum absolute atomic E-state index is 5.92. The Morgan fingerprint density at radius 3 is 2.76 bits per heavy atom. The molecule has 0 unspecified atom stereocenters. The van der Waals surface area contributed by atoms with Gasteiger partial charge in [0.05, 0.1) is 0 Å². The molecule has 2 aromatic rings. The zero-order chi connectivity index (χ0) is 12.4. The molecule has 1 atom stereocenters. The lowest BCUT2D eigenvalue weighted by molar-refractivity contribution is 0.755. The Kier molecular flexibility index (Phi) is 3.44. The zero-order valence-corrected chi connectivity index (χ0v) is 10.9. The van der Waals surface area contributed by atoms with Gasteiger partial charge in [-0.1, -0.05) is 6.07 Å². The summed E-state index contributed by atoms with van der Waals surface area (Å²) in [5.41, 5.74) is 6.94. The van der Waals surface area contributed by atoms with Gasteiger partial charge in [-0.3, -0.25) is 0 Å². The molecule has 0 bridgehead atoms. The van der Waals surface area contributed by atoms with Crippen LogP contribution in [0.25, 0.3) is 0 Å². The normalized spacial score (nSPS) is 12.7. The van der Waals surface area contributed by atoms with Crippen LogP contribution in [0.15, 0.2) is 28.5 Å². The van der Waals surface area contributed by atoms with Gasteiger partial charge < -0.3 is 10.3 Å². The summed E-state index contributed by atoms with van der Waals surface area (Å²) < 4.78 is 1.93. The Balaban J connectivity index is 2.33. The summed E-state index contributed by atoms with van der Waals surface area (Å²) in [6, 6.07) is 3.84. The summed E-state index contributed by atoms with van der Waals surface area (Å²) >= 11 is 1.49. The lowest BCUT2D eigenvalue weighted by Crippen LogP contribution is -2.07. The van der Waals surface area contributed by atoms with Crippen LogP contribution in [0.1, 0.15) is 24.4 Å². The summed E-state index contributed by atoms with van der Waals surface area (Å²) in [5, 5.41) is 9.84. The van der Waals surface area contributed by atoms with Crippen molar-refractivity contribution < 1.29 is 0 Å². The van der Waals surface area contributed by atoms with Crippen molar-refractivity contribution in [3.05, 3.63) is 29.7 Å². The number of rotatable bonds is 3. The highest BCUT2D eigenvalue weighted by molar-refractivity contribution is 7.99. The summed E-state index contributed by atoms with van der Waals surface area (Å²) in [6.45, 7) is 3.87. The molecule has 5 nitrogen and oxygen atoms in total. The van der Waals surface area contributed by atoms with Gasteiger partial charge in [-0.05, 0) is 31.7 Å². The van der Waals surface area contributed by atoms with Gasteiger partial charge in [-0.15, -0.1) is 10.2 Å². The van der Waals surface area contributed by atoms with Crippen LogP contribution >= 0.6 is 11.8 Å². The van der Waals surface area contributed by atoms with Gasteiger partial charge in [0.2, 0.25) is 0 Å². The van der Waals surface area contributed by atoms with E-state index >= 15 is 0 Å². The number of aromatic nitrogens is 4. The fourth-order valence-corrected chi connectivity index (χ4v) is 2.41. The topological polar surface area (TPSA) is 69.6 Å². The molecular formula is C11H15N5S. The third-order valence-corrected chi connectivity index (χ3v) is 3.60. The third-order valence-electron chi connectivity index (χ3n) is 2.53. The minimum Gasteiger partial charge on any atom is -0.324 e. The summed E-state index contributed by atoms with van der Waals surface area (Å²) in [5.74, 6) is 0.880. The maximum Gasteiger partial charge on any atom is 0.197 e. The number of nitrogens with zero attached hydrogens (tertiary/aromatic N) is 4. The number of nitrogens with two attached hydrogens (primary N) is 1. The van der Waals surface area contributed by atoms with Crippen molar-refractivity contribution in [2.24, 2.45) is 12.8 Å². The first-order valence-electron chi connectivity index (χ1n) is 5.34. The van der Waals surface area contributed by atoms with Crippen LogP contribution in [0.3, 0.4) is 0 Å². The van der Waals surface area contributed by atoms with E-state index in [-0.39, 0.29) is 6.04 Å². The minimum absolute atomic E-state index is 0.0412. The fourth-order valence-electron chi connectivity index (χ4n) is 1.40. The van der Waals surface area contributed by atoms with E-state index in [1.807, 2.05) is 37.6 Å². The van der Waals surface area contributed by atoms with Crippen LogP contribution in [0.4, 0.5) is 0 Å². The second kappa shape index (κ2) is 4.85. The summed E-state index contributed by atoms with van der Waals surface area (Å²) in [4.78, 5) is 4.35. The van der Waals surface area contributed by atoms with Crippen LogP contribution in [0.2, 0.25) is 0 Å². The smallest absolute Gasteiger partial charge is 0.197 e. The molecule has 0 aliphatic rings. The molecule has 0 aliphatic heterocycles. The number of hydrogen-bond acceptors (Lipinski definition) is 5. The predicted octanol–water partition coefficient (Wildman–Crippen LogP) is 1.69. The van der Waals surface area contributed by atoms with E-state index in [1.54, 1.807) is 6.20 Å². The molecule has 0 aliphatic carbocycles. The zero-order valence-electron chi connectivity index (χ0n) is 10.1. The van der Waals surface area contributed by atoms with Crippen LogP contribution in [0, 0.1) is 6.92 Å².